The summed E-state index contributed by atoms with van der Waals surface area (Å²) in [6, 6.07) is 15.6. The Morgan fingerprint density at radius 1 is 1.04 bits per heavy atom. The number of nitrogens with one attached hydrogen (secondary N) is 1. The fraction of sp³-hybridized carbons (Fsp3) is 0.0625. The highest BCUT2D eigenvalue weighted by Crippen LogP contribution is 2.29. The minimum absolute atomic E-state index is 0.0584. The van der Waals surface area contributed by atoms with Crippen molar-refractivity contribution >= 4 is 17.5 Å². The van der Waals surface area contributed by atoms with Crippen molar-refractivity contribution in [1.29, 1.82) is 0 Å². The third-order valence-electron chi connectivity index (χ3n) is 3.48. The molecule has 0 bridgehead atoms. The molecule has 0 aliphatic heterocycles. The standard InChI is InChI=1S/C10H10ClN5O.C6H4/c1-16-8(6-4-2-3-5-7(6)11)13-9(15-12)14-10(16)17;1-2-6-4-3-5(1)6/h2-5H,12H2,1H3,(H,14,15,17);1-4H. The molecular weight excluding hydrogens is 314 g/mol. The first-order valence-electron chi connectivity index (χ1n) is 6.87. The first-order valence-corrected chi connectivity index (χ1v) is 7.25. The summed E-state index contributed by atoms with van der Waals surface area (Å²) in [5.41, 5.74) is 5.29. The minimum Gasteiger partial charge on any atom is -0.292 e. The van der Waals surface area contributed by atoms with Crippen LogP contribution in [0.4, 0.5) is 5.95 Å². The molecule has 6 nitrogen and oxygen atoms in total. The molecule has 1 aromatic carbocycles. The Labute approximate surface area is 137 Å². The van der Waals surface area contributed by atoms with E-state index in [1.165, 1.54) is 15.7 Å². The highest BCUT2D eigenvalue weighted by atomic mass is 35.5. The summed E-state index contributed by atoms with van der Waals surface area (Å²) in [4.78, 5) is 19.3. The van der Waals surface area contributed by atoms with Crippen LogP contribution in [0.25, 0.3) is 22.5 Å². The van der Waals surface area contributed by atoms with E-state index in [2.05, 4.69) is 39.7 Å². The Morgan fingerprint density at radius 2 is 1.65 bits per heavy atom. The Hall–Kier alpha value is -2.70. The van der Waals surface area contributed by atoms with Gasteiger partial charge < -0.3 is 0 Å². The number of anilines is 1. The van der Waals surface area contributed by atoms with Gasteiger partial charge in [0.15, 0.2) is 0 Å². The van der Waals surface area contributed by atoms with Gasteiger partial charge >= 0.3 is 5.69 Å². The lowest BCUT2D eigenvalue weighted by molar-refractivity contribution is 0.785. The number of hydrogen-bond donors (Lipinski definition) is 2. The maximum Gasteiger partial charge on any atom is 0.352 e. The van der Waals surface area contributed by atoms with Crippen molar-refractivity contribution in [1.82, 2.24) is 14.5 Å². The SMILES string of the molecule is Cn1c(-c2ccccc2Cl)nc(NN)nc1=O.c1cc2ccc1-2. The summed E-state index contributed by atoms with van der Waals surface area (Å²) < 4.78 is 1.31. The number of fused-ring (bicyclic) bond motifs is 1. The van der Waals surface area contributed by atoms with Crippen LogP contribution in [0.15, 0.2) is 53.3 Å². The molecule has 0 spiro atoms. The van der Waals surface area contributed by atoms with Crippen LogP contribution < -0.4 is 17.0 Å². The second-order valence-electron chi connectivity index (χ2n) is 4.91. The molecule has 0 saturated carbocycles. The van der Waals surface area contributed by atoms with Crippen molar-refractivity contribution in [3.8, 4) is 22.5 Å². The van der Waals surface area contributed by atoms with E-state index in [0.717, 1.165) is 0 Å². The summed E-state index contributed by atoms with van der Waals surface area (Å²) in [6.45, 7) is 0. The molecule has 2 aromatic rings. The summed E-state index contributed by atoms with van der Waals surface area (Å²) >= 11 is 6.05. The molecule has 0 radical (unpaired) electrons. The molecule has 0 saturated heterocycles. The van der Waals surface area contributed by atoms with Crippen LogP contribution in [0.1, 0.15) is 0 Å². The van der Waals surface area contributed by atoms with Crippen LogP contribution in [0.2, 0.25) is 5.02 Å². The van der Waals surface area contributed by atoms with Crippen molar-refractivity contribution in [2.45, 2.75) is 0 Å². The quantitative estimate of drug-likeness (QED) is 0.436. The largest absolute Gasteiger partial charge is 0.352 e. The highest BCUT2D eigenvalue weighted by Gasteiger charge is 2.11. The fourth-order valence-corrected chi connectivity index (χ4v) is 2.29. The zero-order valence-corrected chi connectivity index (χ0v) is 13.1. The maximum absolute atomic E-state index is 11.6. The van der Waals surface area contributed by atoms with E-state index >= 15 is 0 Å². The predicted octanol–water partition coefficient (Wildman–Crippen LogP) is 2.45. The summed E-state index contributed by atoms with van der Waals surface area (Å²) in [5, 5.41) is 0.504. The predicted molar refractivity (Wildman–Crippen MR) is 91.0 cm³/mol. The summed E-state index contributed by atoms with van der Waals surface area (Å²) in [6.07, 6.45) is 0. The smallest absolute Gasteiger partial charge is 0.292 e. The number of nitrogens with zero attached hydrogens (tertiary/aromatic N) is 3. The Morgan fingerprint density at radius 3 is 2.13 bits per heavy atom. The highest BCUT2D eigenvalue weighted by molar-refractivity contribution is 6.33. The van der Waals surface area contributed by atoms with Crippen LogP contribution in [0.3, 0.4) is 0 Å². The van der Waals surface area contributed by atoms with Gasteiger partial charge in [-0.2, -0.15) is 9.97 Å². The molecule has 0 atom stereocenters. The molecule has 23 heavy (non-hydrogen) atoms. The third-order valence-corrected chi connectivity index (χ3v) is 3.81. The second-order valence-corrected chi connectivity index (χ2v) is 5.32. The molecular formula is C16H14ClN5O. The average Bonchev–Trinajstić information content (AvgIpc) is 2.54. The molecule has 1 heterocycles. The lowest BCUT2D eigenvalue weighted by Crippen LogP contribution is -2.26. The van der Waals surface area contributed by atoms with E-state index in [1.807, 2.05) is 6.07 Å². The molecule has 1 aromatic heterocycles. The van der Waals surface area contributed by atoms with Crippen molar-refractivity contribution in [2.75, 3.05) is 5.43 Å². The lowest BCUT2D eigenvalue weighted by Gasteiger charge is -2.10. The second kappa shape index (κ2) is 6.20. The lowest BCUT2D eigenvalue weighted by atomic mass is 9.95. The van der Waals surface area contributed by atoms with Crippen molar-refractivity contribution in [3.05, 3.63) is 64.0 Å². The molecule has 0 fully saturated rings. The van der Waals surface area contributed by atoms with Gasteiger partial charge in [-0.05, 0) is 23.3 Å². The van der Waals surface area contributed by atoms with E-state index in [1.54, 1.807) is 25.2 Å². The van der Waals surface area contributed by atoms with E-state index < -0.39 is 5.69 Å². The molecule has 2 aliphatic carbocycles. The van der Waals surface area contributed by atoms with Gasteiger partial charge in [-0.15, -0.1) is 0 Å². The van der Waals surface area contributed by atoms with Gasteiger partial charge in [0, 0.05) is 12.6 Å². The number of nitrogen functional groups attached to an aromatic ring is 1. The van der Waals surface area contributed by atoms with Crippen molar-refractivity contribution < 1.29 is 0 Å². The van der Waals surface area contributed by atoms with Gasteiger partial charge in [0.2, 0.25) is 5.95 Å². The summed E-state index contributed by atoms with van der Waals surface area (Å²) in [7, 11) is 1.57. The topological polar surface area (TPSA) is 85.8 Å². The first kappa shape index (κ1) is 15.2. The van der Waals surface area contributed by atoms with Gasteiger partial charge in [0.05, 0.1) is 5.02 Å². The van der Waals surface area contributed by atoms with E-state index in [9.17, 15) is 4.79 Å². The van der Waals surface area contributed by atoms with Gasteiger partial charge in [-0.3, -0.25) is 9.99 Å². The maximum atomic E-state index is 11.6. The molecule has 116 valence electrons. The number of nitrogens with two attached hydrogens (primary N) is 1. The molecule has 3 N–H and O–H groups in total. The van der Waals surface area contributed by atoms with Crippen molar-refractivity contribution in [2.24, 2.45) is 12.9 Å². The van der Waals surface area contributed by atoms with E-state index in [-0.39, 0.29) is 5.95 Å². The first-order chi connectivity index (χ1) is 11.1. The van der Waals surface area contributed by atoms with Gasteiger partial charge in [-0.25, -0.2) is 10.6 Å². The third kappa shape index (κ3) is 2.94. The van der Waals surface area contributed by atoms with Crippen LogP contribution in [-0.4, -0.2) is 14.5 Å². The van der Waals surface area contributed by atoms with E-state index in [0.29, 0.717) is 16.4 Å². The normalized spacial score (nSPS) is 10.6. The fourth-order valence-electron chi connectivity index (χ4n) is 2.07. The molecule has 2 aliphatic rings. The molecule has 0 unspecified atom stereocenters. The van der Waals surface area contributed by atoms with E-state index in [4.69, 9.17) is 17.4 Å². The molecule has 4 rings (SSSR count). The number of hydrazine groups is 1. The number of halogens is 1. The monoisotopic (exact) mass is 327 g/mol. The van der Waals surface area contributed by atoms with Crippen LogP contribution in [-0.2, 0) is 7.05 Å². The van der Waals surface area contributed by atoms with Crippen LogP contribution in [0, 0.1) is 0 Å². The van der Waals surface area contributed by atoms with Gasteiger partial charge in [-0.1, -0.05) is 48.0 Å². The summed E-state index contributed by atoms with van der Waals surface area (Å²) in [5.74, 6) is 5.66. The Bertz CT molecular complexity index is 884. The number of hydrogen-bond acceptors (Lipinski definition) is 5. The Balaban J connectivity index is 0.000000213. The zero-order valence-electron chi connectivity index (χ0n) is 12.3. The number of benzene rings is 2. The Kier molecular flexibility index (Phi) is 4.10. The van der Waals surface area contributed by atoms with Gasteiger partial charge in [0.25, 0.3) is 0 Å². The molecule has 7 heteroatoms. The van der Waals surface area contributed by atoms with Crippen LogP contribution in [0.5, 0.6) is 0 Å². The average molecular weight is 328 g/mol. The zero-order chi connectivity index (χ0) is 16.4. The minimum atomic E-state index is -0.456. The number of rotatable bonds is 2. The van der Waals surface area contributed by atoms with Crippen LogP contribution >= 0.6 is 11.6 Å². The van der Waals surface area contributed by atoms with Gasteiger partial charge in [0.1, 0.15) is 5.82 Å². The van der Waals surface area contributed by atoms with Crippen molar-refractivity contribution in [3.63, 3.8) is 0 Å². The molecule has 0 amide bonds. The number of aromatic nitrogens is 3.